The molecule has 0 aliphatic rings. The van der Waals surface area contributed by atoms with Crippen LogP contribution >= 0.6 is 0 Å². The Morgan fingerprint density at radius 1 is 1.15 bits per heavy atom. The molecule has 0 aliphatic carbocycles. The van der Waals surface area contributed by atoms with Gasteiger partial charge >= 0.3 is 0 Å². The standard InChI is InChI=1S/C19H18N4O3/c1-13-6-8-14(9-7-13)17-22-19(26-23-17)16(24)5-3-11-21-18(25)15-4-2-10-20-12-15/h2,4,6-10,12H,3,5,11H2,1H3,(H,21,25). The number of ketones is 1. The summed E-state index contributed by atoms with van der Waals surface area (Å²) in [5.41, 5.74) is 2.41. The van der Waals surface area contributed by atoms with Crippen molar-refractivity contribution < 1.29 is 14.1 Å². The third kappa shape index (κ3) is 4.38. The van der Waals surface area contributed by atoms with Crippen LogP contribution in [0.2, 0.25) is 0 Å². The van der Waals surface area contributed by atoms with Crippen LogP contribution in [0.5, 0.6) is 0 Å². The van der Waals surface area contributed by atoms with E-state index in [-0.39, 0.29) is 24.0 Å². The van der Waals surface area contributed by atoms with Gasteiger partial charge in [0.2, 0.25) is 11.6 Å². The Hall–Kier alpha value is -3.35. The van der Waals surface area contributed by atoms with Crippen LogP contribution in [0.1, 0.15) is 39.4 Å². The second kappa shape index (κ2) is 8.15. The van der Waals surface area contributed by atoms with Crippen LogP contribution in [0, 0.1) is 6.92 Å². The van der Waals surface area contributed by atoms with Crippen molar-refractivity contribution in [2.45, 2.75) is 19.8 Å². The molecule has 0 saturated heterocycles. The van der Waals surface area contributed by atoms with E-state index in [0.717, 1.165) is 11.1 Å². The van der Waals surface area contributed by atoms with Crippen molar-refractivity contribution >= 4 is 11.7 Å². The van der Waals surface area contributed by atoms with E-state index in [4.69, 9.17) is 4.52 Å². The first-order valence-corrected chi connectivity index (χ1v) is 8.25. The van der Waals surface area contributed by atoms with Crippen LogP contribution in [-0.2, 0) is 0 Å². The van der Waals surface area contributed by atoms with Crippen LogP contribution in [0.25, 0.3) is 11.4 Å². The highest BCUT2D eigenvalue weighted by Crippen LogP contribution is 2.17. The number of rotatable bonds is 7. The molecule has 0 fully saturated rings. The van der Waals surface area contributed by atoms with Crippen molar-refractivity contribution in [1.29, 1.82) is 0 Å². The van der Waals surface area contributed by atoms with E-state index in [2.05, 4.69) is 20.4 Å². The van der Waals surface area contributed by atoms with Crippen molar-refractivity contribution in [3.8, 4) is 11.4 Å². The summed E-state index contributed by atoms with van der Waals surface area (Å²) in [6.07, 6.45) is 3.78. The Morgan fingerprint density at radius 2 is 1.96 bits per heavy atom. The molecule has 26 heavy (non-hydrogen) atoms. The molecular formula is C19H18N4O3. The first-order valence-electron chi connectivity index (χ1n) is 8.25. The van der Waals surface area contributed by atoms with Crippen LogP contribution in [0.3, 0.4) is 0 Å². The van der Waals surface area contributed by atoms with E-state index in [9.17, 15) is 9.59 Å². The van der Waals surface area contributed by atoms with E-state index in [1.807, 2.05) is 31.2 Å². The summed E-state index contributed by atoms with van der Waals surface area (Å²) < 4.78 is 5.05. The first kappa shape index (κ1) is 17.5. The molecule has 0 saturated carbocycles. The smallest absolute Gasteiger partial charge is 0.294 e. The summed E-state index contributed by atoms with van der Waals surface area (Å²) in [6.45, 7) is 2.36. The molecule has 7 nitrogen and oxygen atoms in total. The lowest BCUT2D eigenvalue weighted by atomic mass is 10.1. The molecule has 2 aromatic heterocycles. The maximum absolute atomic E-state index is 12.1. The average Bonchev–Trinajstić information content (AvgIpc) is 3.16. The van der Waals surface area contributed by atoms with Gasteiger partial charge in [-0.3, -0.25) is 14.6 Å². The lowest BCUT2D eigenvalue weighted by Gasteiger charge is -2.03. The number of nitrogens with one attached hydrogen (secondary N) is 1. The summed E-state index contributed by atoms with van der Waals surface area (Å²) in [5, 5.41) is 6.59. The minimum absolute atomic E-state index is 0.0147. The number of pyridine rings is 1. The Bertz CT molecular complexity index is 889. The predicted octanol–water partition coefficient (Wildman–Crippen LogP) is 2.83. The fourth-order valence-electron chi connectivity index (χ4n) is 2.31. The normalized spacial score (nSPS) is 10.5. The van der Waals surface area contributed by atoms with Gasteiger partial charge in [0.15, 0.2) is 0 Å². The van der Waals surface area contributed by atoms with Crippen molar-refractivity contribution in [3.05, 3.63) is 65.8 Å². The Morgan fingerprint density at radius 3 is 2.69 bits per heavy atom. The van der Waals surface area contributed by atoms with E-state index < -0.39 is 0 Å². The zero-order valence-electron chi connectivity index (χ0n) is 14.3. The zero-order chi connectivity index (χ0) is 18.4. The SMILES string of the molecule is Cc1ccc(-c2noc(C(=O)CCCNC(=O)c3cccnc3)n2)cc1. The van der Waals surface area contributed by atoms with Crippen LogP contribution in [0.4, 0.5) is 0 Å². The van der Waals surface area contributed by atoms with Gasteiger partial charge in [-0.15, -0.1) is 0 Å². The first-order chi connectivity index (χ1) is 12.6. The number of aryl methyl sites for hydroxylation is 1. The summed E-state index contributed by atoms with van der Waals surface area (Å²) in [4.78, 5) is 32.0. The second-order valence-corrected chi connectivity index (χ2v) is 5.81. The average molecular weight is 350 g/mol. The quantitative estimate of drug-likeness (QED) is 0.520. The van der Waals surface area contributed by atoms with Gasteiger partial charge in [0.05, 0.1) is 5.56 Å². The second-order valence-electron chi connectivity index (χ2n) is 5.81. The minimum Gasteiger partial charge on any atom is -0.352 e. The lowest BCUT2D eigenvalue weighted by molar-refractivity contribution is 0.0918. The highest BCUT2D eigenvalue weighted by Gasteiger charge is 2.16. The van der Waals surface area contributed by atoms with Gasteiger partial charge in [-0.2, -0.15) is 4.98 Å². The highest BCUT2D eigenvalue weighted by molar-refractivity contribution is 5.94. The third-order valence-electron chi connectivity index (χ3n) is 3.76. The van der Waals surface area contributed by atoms with E-state index in [1.165, 1.54) is 6.20 Å². The number of carbonyl (C=O) groups is 2. The van der Waals surface area contributed by atoms with E-state index in [1.54, 1.807) is 18.3 Å². The Kier molecular flexibility index (Phi) is 5.48. The van der Waals surface area contributed by atoms with Crippen LogP contribution in [-0.4, -0.2) is 33.4 Å². The summed E-state index contributed by atoms with van der Waals surface area (Å²) >= 11 is 0. The molecule has 1 amide bonds. The minimum atomic E-state index is -0.244. The third-order valence-corrected chi connectivity index (χ3v) is 3.76. The number of carbonyl (C=O) groups excluding carboxylic acids is 2. The van der Waals surface area contributed by atoms with E-state index >= 15 is 0 Å². The molecule has 2 heterocycles. The number of aromatic nitrogens is 3. The number of benzene rings is 1. The van der Waals surface area contributed by atoms with Crippen molar-refractivity contribution in [1.82, 2.24) is 20.4 Å². The summed E-state index contributed by atoms with van der Waals surface area (Å²) in [7, 11) is 0. The molecule has 132 valence electrons. The Labute approximate surface area is 150 Å². The van der Waals surface area contributed by atoms with Gasteiger partial charge in [-0.05, 0) is 25.5 Å². The zero-order valence-corrected chi connectivity index (χ0v) is 14.3. The molecule has 1 aromatic carbocycles. The fraction of sp³-hybridized carbons (Fsp3) is 0.211. The lowest BCUT2D eigenvalue weighted by Crippen LogP contribution is -2.24. The summed E-state index contributed by atoms with van der Waals surface area (Å²) in [5.74, 6) is -0.0890. The monoisotopic (exact) mass is 350 g/mol. The van der Waals surface area contributed by atoms with Gasteiger partial charge in [0.25, 0.3) is 11.8 Å². The maximum atomic E-state index is 12.1. The van der Waals surface area contributed by atoms with Gasteiger partial charge < -0.3 is 9.84 Å². The van der Waals surface area contributed by atoms with Crippen molar-refractivity contribution in [2.24, 2.45) is 0 Å². The molecule has 0 unspecified atom stereocenters. The molecule has 3 rings (SSSR count). The van der Waals surface area contributed by atoms with Crippen LogP contribution in [0.15, 0.2) is 53.3 Å². The maximum Gasteiger partial charge on any atom is 0.294 e. The molecule has 0 atom stereocenters. The largest absolute Gasteiger partial charge is 0.352 e. The number of amides is 1. The molecule has 0 spiro atoms. The van der Waals surface area contributed by atoms with Crippen molar-refractivity contribution in [2.75, 3.05) is 6.54 Å². The number of hydrogen-bond acceptors (Lipinski definition) is 6. The van der Waals surface area contributed by atoms with Gasteiger partial charge in [0, 0.05) is 30.9 Å². The van der Waals surface area contributed by atoms with Gasteiger partial charge in [0.1, 0.15) is 0 Å². The number of hydrogen-bond donors (Lipinski definition) is 1. The predicted molar refractivity (Wildman–Crippen MR) is 94.6 cm³/mol. The van der Waals surface area contributed by atoms with Gasteiger partial charge in [-0.1, -0.05) is 35.0 Å². The van der Waals surface area contributed by atoms with Crippen molar-refractivity contribution in [3.63, 3.8) is 0 Å². The number of nitrogens with zero attached hydrogens (tertiary/aromatic N) is 3. The molecule has 7 heteroatoms. The molecule has 0 aliphatic heterocycles. The molecular weight excluding hydrogens is 332 g/mol. The number of Topliss-reactive ketones (excluding diaryl/α,β-unsaturated/α-hetero) is 1. The Balaban J connectivity index is 1.48. The van der Waals surface area contributed by atoms with E-state index in [0.29, 0.717) is 24.4 Å². The topological polar surface area (TPSA) is 98.0 Å². The molecule has 0 bridgehead atoms. The highest BCUT2D eigenvalue weighted by atomic mass is 16.5. The summed E-state index contributed by atoms with van der Waals surface area (Å²) in [6, 6.07) is 11.0. The molecule has 0 radical (unpaired) electrons. The van der Waals surface area contributed by atoms with Crippen LogP contribution < -0.4 is 5.32 Å². The van der Waals surface area contributed by atoms with Gasteiger partial charge in [-0.25, -0.2) is 0 Å². The molecule has 3 aromatic rings. The fourth-order valence-corrected chi connectivity index (χ4v) is 2.31. The molecule has 1 N–H and O–H groups in total.